The molecular formula is C19H17F3N2O2. The molecule has 0 aromatic heterocycles. The summed E-state index contributed by atoms with van der Waals surface area (Å²) in [7, 11) is 1.55. The molecule has 1 heterocycles. The summed E-state index contributed by atoms with van der Waals surface area (Å²) in [6.45, 7) is 0.861. The van der Waals surface area contributed by atoms with E-state index >= 15 is 0 Å². The number of methoxy groups -OCH3 is 1. The average molecular weight is 362 g/mol. The lowest BCUT2D eigenvalue weighted by molar-refractivity contribution is -0.137. The van der Waals surface area contributed by atoms with E-state index < -0.39 is 11.7 Å². The minimum atomic E-state index is -4.49. The molecule has 7 heteroatoms. The van der Waals surface area contributed by atoms with E-state index in [0.29, 0.717) is 12.3 Å². The van der Waals surface area contributed by atoms with Gasteiger partial charge < -0.3 is 14.4 Å². The third kappa shape index (κ3) is 3.75. The van der Waals surface area contributed by atoms with Gasteiger partial charge in [-0.3, -0.25) is 0 Å². The molecule has 3 rings (SSSR count). The summed E-state index contributed by atoms with van der Waals surface area (Å²) >= 11 is 0. The van der Waals surface area contributed by atoms with Crippen LogP contribution in [0.15, 0.2) is 42.5 Å². The fourth-order valence-corrected chi connectivity index (χ4v) is 3.01. The van der Waals surface area contributed by atoms with Crippen molar-refractivity contribution in [3.8, 4) is 11.8 Å². The number of morpholine rings is 1. The summed E-state index contributed by atoms with van der Waals surface area (Å²) < 4.78 is 51.2. The average Bonchev–Trinajstić information content (AvgIpc) is 2.67. The molecule has 0 spiro atoms. The van der Waals surface area contributed by atoms with Gasteiger partial charge in [0, 0.05) is 13.1 Å². The molecule has 26 heavy (non-hydrogen) atoms. The van der Waals surface area contributed by atoms with Gasteiger partial charge in [0.15, 0.2) is 0 Å². The maximum Gasteiger partial charge on any atom is 0.418 e. The van der Waals surface area contributed by atoms with Gasteiger partial charge in [-0.1, -0.05) is 12.1 Å². The van der Waals surface area contributed by atoms with Gasteiger partial charge in [-0.2, -0.15) is 18.4 Å². The van der Waals surface area contributed by atoms with Crippen molar-refractivity contribution in [2.24, 2.45) is 0 Å². The monoisotopic (exact) mass is 362 g/mol. The van der Waals surface area contributed by atoms with Gasteiger partial charge >= 0.3 is 6.18 Å². The molecule has 0 bridgehead atoms. The Hall–Kier alpha value is -2.72. The van der Waals surface area contributed by atoms with E-state index in [1.807, 2.05) is 24.3 Å². The summed E-state index contributed by atoms with van der Waals surface area (Å²) in [5, 5.41) is 9.05. The molecule has 1 unspecified atom stereocenters. The number of ether oxygens (including phenoxy) is 2. The van der Waals surface area contributed by atoms with Gasteiger partial charge in [-0.15, -0.1) is 0 Å². The van der Waals surface area contributed by atoms with Gasteiger partial charge in [-0.05, 0) is 35.9 Å². The molecule has 4 nitrogen and oxygen atoms in total. The van der Waals surface area contributed by atoms with Gasteiger partial charge in [0.1, 0.15) is 11.9 Å². The highest BCUT2D eigenvalue weighted by Gasteiger charge is 2.36. The summed E-state index contributed by atoms with van der Waals surface area (Å²) in [5.74, 6) is 0.658. The van der Waals surface area contributed by atoms with Crippen LogP contribution < -0.4 is 9.64 Å². The Labute approximate surface area is 149 Å². The van der Waals surface area contributed by atoms with Crippen LogP contribution in [0.5, 0.6) is 5.75 Å². The summed E-state index contributed by atoms with van der Waals surface area (Å²) in [6, 6.07) is 12.6. The number of anilines is 1. The Morgan fingerprint density at radius 1 is 1.23 bits per heavy atom. The number of hydrogen-bond donors (Lipinski definition) is 0. The van der Waals surface area contributed by atoms with Crippen molar-refractivity contribution in [3.63, 3.8) is 0 Å². The van der Waals surface area contributed by atoms with E-state index in [9.17, 15) is 13.2 Å². The molecule has 2 aromatic rings. The van der Waals surface area contributed by atoms with E-state index in [1.54, 1.807) is 18.1 Å². The van der Waals surface area contributed by atoms with Gasteiger partial charge in [0.2, 0.25) is 0 Å². The molecular weight excluding hydrogens is 345 g/mol. The number of hydrogen-bond acceptors (Lipinski definition) is 4. The molecule has 1 atom stereocenters. The van der Waals surface area contributed by atoms with Crippen LogP contribution in [-0.4, -0.2) is 26.8 Å². The van der Waals surface area contributed by atoms with Crippen LogP contribution in [0, 0.1) is 11.3 Å². The van der Waals surface area contributed by atoms with Gasteiger partial charge in [0.25, 0.3) is 0 Å². The quantitative estimate of drug-likeness (QED) is 0.822. The summed E-state index contributed by atoms with van der Waals surface area (Å²) in [6.07, 6.45) is -4.88. The zero-order valence-corrected chi connectivity index (χ0v) is 14.1. The summed E-state index contributed by atoms with van der Waals surface area (Å²) in [4.78, 5) is 1.62. The molecule has 1 fully saturated rings. The fraction of sp³-hybridized carbons (Fsp3) is 0.316. The third-order valence-corrected chi connectivity index (χ3v) is 4.30. The third-order valence-electron chi connectivity index (χ3n) is 4.30. The van der Waals surface area contributed by atoms with E-state index in [-0.39, 0.29) is 30.5 Å². The second-order valence-corrected chi connectivity index (χ2v) is 5.92. The molecule has 1 aliphatic heterocycles. The van der Waals surface area contributed by atoms with Crippen molar-refractivity contribution in [2.45, 2.75) is 12.3 Å². The fourth-order valence-electron chi connectivity index (χ4n) is 3.01. The van der Waals surface area contributed by atoms with Crippen LogP contribution in [-0.2, 0) is 10.9 Å². The molecule has 2 aromatic carbocycles. The topological polar surface area (TPSA) is 45.5 Å². The van der Waals surface area contributed by atoms with Crippen LogP contribution in [0.1, 0.15) is 22.8 Å². The number of nitrogens with zero attached hydrogens (tertiary/aromatic N) is 2. The summed E-state index contributed by atoms with van der Waals surface area (Å²) in [5.41, 5.74) is 0.284. The second-order valence-electron chi connectivity index (χ2n) is 5.92. The van der Waals surface area contributed by atoms with E-state index in [1.165, 1.54) is 12.1 Å². The molecule has 1 saturated heterocycles. The molecule has 0 saturated carbocycles. The molecule has 0 radical (unpaired) electrons. The number of nitriles is 1. The highest BCUT2D eigenvalue weighted by atomic mass is 19.4. The molecule has 1 aliphatic rings. The zero-order chi connectivity index (χ0) is 18.7. The van der Waals surface area contributed by atoms with Gasteiger partial charge in [-0.25, -0.2) is 0 Å². The molecule has 0 aliphatic carbocycles. The number of rotatable bonds is 3. The first-order valence-electron chi connectivity index (χ1n) is 8.04. The van der Waals surface area contributed by atoms with Crippen molar-refractivity contribution in [3.05, 3.63) is 59.2 Å². The van der Waals surface area contributed by atoms with Crippen molar-refractivity contribution in [1.82, 2.24) is 0 Å². The Morgan fingerprint density at radius 3 is 2.73 bits per heavy atom. The highest BCUT2D eigenvalue weighted by molar-refractivity contribution is 5.59. The minimum Gasteiger partial charge on any atom is -0.497 e. The smallest absolute Gasteiger partial charge is 0.418 e. The maximum absolute atomic E-state index is 13.4. The van der Waals surface area contributed by atoms with Crippen molar-refractivity contribution in [1.29, 1.82) is 5.26 Å². The highest BCUT2D eigenvalue weighted by Crippen LogP contribution is 2.39. The second kappa shape index (κ2) is 7.26. The normalized spacial score (nSPS) is 17.7. The largest absolute Gasteiger partial charge is 0.497 e. The predicted molar refractivity (Wildman–Crippen MR) is 90.1 cm³/mol. The zero-order valence-electron chi connectivity index (χ0n) is 14.1. The van der Waals surface area contributed by atoms with E-state index in [2.05, 4.69) is 0 Å². The first kappa shape index (κ1) is 18.1. The van der Waals surface area contributed by atoms with E-state index in [0.717, 1.165) is 11.6 Å². The lowest BCUT2D eigenvalue weighted by atomic mass is 10.0. The van der Waals surface area contributed by atoms with Crippen LogP contribution in [0.25, 0.3) is 0 Å². The van der Waals surface area contributed by atoms with Crippen LogP contribution >= 0.6 is 0 Å². The maximum atomic E-state index is 13.4. The van der Waals surface area contributed by atoms with Crippen LogP contribution in [0.3, 0.4) is 0 Å². The lowest BCUT2D eigenvalue weighted by Gasteiger charge is -2.36. The van der Waals surface area contributed by atoms with E-state index in [4.69, 9.17) is 14.7 Å². The molecule has 0 amide bonds. The first-order chi connectivity index (χ1) is 12.4. The number of halogens is 3. The Morgan fingerprint density at radius 2 is 2.04 bits per heavy atom. The van der Waals surface area contributed by atoms with Crippen LogP contribution in [0.4, 0.5) is 18.9 Å². The predicted octanol–water partition coefficient (Wildman–Crippen LogP) is 4.16. The Kier molecular flexibility index (Phi) is 5.05. The number of benzene rings is 2. The lowest BCUT2D eigenvalue weighted by Crippen LogP contribution is -2.39. The SMILES string of the molecule is COc1cccc(C2CN(c3cc(C#N)ccc3C(F)(F)F)CCO2)c1. The van der Waals surface area contributed by atoms with Crippen LogP contribution in [0.2, 0.25) is 0 Å². The standard InChI is InChI=1S/C19H17F3N2O2/c1-25-15-4-2-3-14(10-15)18-12-24(7-8-26-18)17-9-13(11-23)5-6-16(17)19(20,21)22/h2-6,9-10,18H,7-8,12H2,1H3. The number of alkyl halides is 3. The van der Waals surface area contributed by atoms with Gasteiger partial charge in [0.05, 0.1) is 36.6 Å². The Bertz CT molecular complexity index is 830. The Balaban J connectivity index is 1.93. The van der Waals surface area contributed by atoms with Crippen molar-refractivity contribution < 1.29 is 22.6 Å². The minimum absolute atomic E-state index is 0.00717. The first-order valence-corrected chi connectivity index (χ1v) is 8.04. The van der Waals surface area contributed by atoms with Crippen molar-refractivity contribution >= 4 is 5.69 Å². The molecule has 0 N–H and O–H groups in total. The van der Waals surface area contributed by atoms with Crippen molar-refractivity contribution in [2.75, 3.05) is 31.7 Å². The molecule has 136 valence electrons.